The van der Waals surface area contributed by atoms with Crippen molar-refractivity contribution in [2.45, 2.75) is 17.1 Å². The van der Waals surface area contributed by atoms with Gasteiger partial charge in [-0.05, 0) is 31.2 Å². The maximum absolute atomic E-state index is 11.7. The van der Waals surface area contributed by atoms with Gasteiger partial charge in [0.25, 0.3) is 0 Å². The molecular formula is C18H14BrNO2S. The zero-order valence-corrected chi connectivity index (χ0v) is 14.8. The van der Waals surface area contributed by atoms with Crippen molar-refractivity contribution in [1.82, 2.24) is 5.16 Å². The Kier molecular flexibility index (Phi) is 4.98. The molecule has 3 aromatic rings. The summed E-state index contributed by atoms with van der Waals surface area (Å²) in [5.74, 6) is 0.649. The summed E-state index contributed by atoms with van der Waals surface area (Å²) in [6, 6.07) is 17.6. The molecule has 0 saturated carbocycles. The summed E-state index contributed by atoms with van der Waals surface area (Å²) in [6.07, 6.45) is 0.944. The summed E-state index contributed by atoms with van der Waals surface area (Å²) >= 11 is 4.92. The second kappa shape index (κ2) is 7.15. The largest absolute Gasteiger partial charge is 0.356 e. The van der Waals surface area contributed by atoms with Crippen molar-refractivity contribution in [3.8, 4) is 11.3 Å². The zero-order valence-electron chi connectivity index (χ0n) is 12.4. The van der Waals surface area contributed by atoms with Crippen molar-refractivity contribution >= 4 is 34.0 Å². The second-order valence-electron chi connectivity index (χ2n) is 5.01. The lowest BCUT2D eigenvalue weighted by Crippen LogP contribution is -1.98. The highest BCUT2D eigenvalue weighted by Crippen LogP contribution is 2.40. The normalized spacial score (nSPS) is 12.1. The Morgan fingerprint density at radius 2 is 1.83 bits per heavy atom. The molecule has 3 nitrogen and oxygen atoms in total. The van der Waals surface area contributed by atoms with Gasteiger partial charge in [-0.3, -0.25) is 0 Å². The van der Waals surface area contributed by atoms with Crippen LogP contribution in [0.25, 0.3) is 11.3 Å². The van der Waals surface area contributed by atoms with Crippen molar-refractivity contribution in [2.75, 3.05) is 0 Å². The lowest BCUT2D eigenvalue weighted by molar-refractivity contribution is -0.107. The molecule has 116 valence electrons. The maximum Gasteiger partial charge on any atom is 0.171 e. The first-order chi connectivity index (χ1) is 11.2. The minimum absolute atomic E-state index is 0.359. The number of hydrogen-bond donors (Lipinski definition) is 0. The lowest BCUT2D eigenvalue weighted by atomic mass is 10.0. The van der Waals surface area contributed by atoms with Crippen LogP contribution >= 0.6 is 27.7 Å². The van der Waals surface area contributed by atoms with E-state index >= 15 is 0 Å². The number of nitrogens with zero attached hydrogens (tertiary/aromatic N) is 1. The summed E-state index contributed by atoms with van der Waals surface area (Å²) in [4.78, 5) is 12.7. The van der Waals surface area contributed by atoms with Crippen LogP contribution in [0.1, 0.15) is 16.5 Å². The first kappa shape index (κ1) is 16.0. The number of hydrogen-bond acceptors (Lipinski definition) is 4. The number of aromatic nitrogens is 1. The van der Waals surface area contributed by atoms with Gasteiger partial charge in [-0.1, -0.05) is 51.4 Å². The molecule has 5 heteroatoms. The first-order valence-electron chi connectivity index (χ1n) is 7.08. The van der Waals surface area contributed by atoms with E-state index in [2.05, 4.69) is 21.1 Å². The van der Waals surface area contributed by atoms with E-state index in [0.717, 1.165) is 32.5 Å². The fourth-order valence-electron chi connectivity index (χ4n) is 2.32. The van der Waals surface area contributed by atoms with Crippen molar-refractivity contribution in [1.29, 1.82) is 0 Å². The average molecular weight is 388 g/mol. The van der Waals surface area contributed by atoms with Gasteiger partial charge in [0.2, 0.25) is 0 Å². The number of rotatable bonds is 5. The highest BCUT2D eigenvalue weighted by molar-refractivity contribution is 9.10. The third-order valence-corrected chi connectivity index (χ3v) is 5.10. The molecule has 23 heavy (non-hydrogen) atoms. The Morgan fingerprint density at radius 3 is 2.48 bits per heavy atom. The highest BCUT2D eigenvalue weighted by Gasteiger charge is 2.24. The smallest absolute Gasteiger partial charge is 0.171 e. The fraction of sp³-hybridized carbons (Fsp3) is 0.111. The number of benzene rings is 2. The van der Waals surface area contributed by atoms with E-state index in [-0.39, 0.29) is 5.25 Å². The van der Waals surface area contributed by atoms with Crippen LogP contribution in [0.2, 0.25) is 0 Å². The van der Waals surface area contributed by atoms with Crippen LogP contribution in [0, 0.1) is 6.92 Å². The molecule has 0 aliphatic carbocycles. The number of aldehydes is 1. The standard InChI is InChI=1S/C18H14BrNO2S/c1-12-17(16(11-21)23-15-5-3-2-4-6-15)18(22-20-12)13-7-9-14(19)10-8-13/h2-11,16H,1H3. The number of aryl methyl sites for hydroxylation is 1. The van der Waals surface area contributed by atoms with Gasteiger partial charge in [0.1, 0.15) is 6.29 Å². The van der Waals surface area contributed by atoms with Crippen molar-refractivity contribution in [3.05, 3.63) is 70.3 Å². The lowest BCUT2D eigenvalue weighted by Gasteiger charge is -2.11. The molecule has 0 saturated heterocycles. The molecule has 1 unspecified atom stereocenters. The predicted molar refractivity (Wildman–Crippen MR) is 95.5 cm³/mol. The third-order valence-electron chi connectivity index (χ3n) is 3.43. The van der Waals surface area contributed by atoms with Gasteiger partial charge in [-0.15, -0.1) is 11.8 Å². The molecule has 0 bridgehead atoms. The topological polar surface area (TPSA) is 43.1 Å². The Labute approximate surface area is 147 Å². The van der Waals surface area contributed by atoms with E-state index in [1.165, 1.54) is 11.8 Å². The van der Waals surface area contributed by atoms with E-state index in [1.54, 1.807) is 0 Å². The number of carbonyl (C=O) groups excluding carboxylic acids is 1. The van der Waals surface area contributed by atoms with Crippen LogP contribution in [0.3, 0.4) is 0 Å². The highest BCUT2D eigenvalue weighted by atomic mass is 79.9. The molecular weight excluding hydrogens is 374 g/mol. The molecule has 1 atom stereocenters. The Morgan fingerprint density at radius 1 is 1.13 bits per heavy atom. The summed E-state index contributed by atoms with van der Waals surface area (Å²) in [5, 5.41) is 3.71. The SMILES string of the molecule is Cc1noc(-c2ccc(Br)cc2)c1C(C=O)Sc1ccccc1. The maximum atomic E-state index is 11.7. The minimum atomic E-state index is -0.359. The van der Waals surface area contributed by atoms with E-state index in [1.807, 2.05) is 61.5 Å². The van der Waals surface area contributed by atoms with E-state index < -0.39 is 0 Å². The van der Waals surface area contributed by atoms with Crippen LogP contribution in [-0.4, -0.2) is 11.4 Å². The molecule has 0 radical (unpaired) electrons. The van der Waals surface area contributed by atoms with Crippen LogP contribution in [0.15, 0.2) is 68.5 Å². The number of carbonyl (C=O) groups is 1. The van der Waals surface area contributed by atoms with Gasteiger partial charge in [-0.2, -0.15) is 0 Å². The predicted octanol–water partition coefficient (Wildman–Crippen LogP) is 5.44. The molecule has 0 amide bonds. The Balaban J connectivity index is 1.99. The van der Waals surface area contributed by atoms with Crippen LogP contribution in [-0.2, 0) is 4.79 Å². The molecule has 1 aromatic heterocycles. The van der Waals surface area contributed by atoms with E-state index in [9.17, 15) is 4.79 Å². The van der Waals surface area contributed by atoms with Crippen LogP contribution in [0.4, 0.5) is 0 Å². The molecule has 0 spiro atoms. The first-order valence-corrected chi connectivity index (χ1v) is 8.75. The molecule has 2 aromatic carbocycles. The van der Waals surface area contributed by atoms with E-state index in [4.69, 9.17) is 4.52 Å². The molecule has 0 aliphatic rings. The summed E-state index contributed by atoms with van der Waals surface area (Å²) in [7, 11) is 0. The van der Waals surface area contributed by atoms with Gasteiger partial charge in [0, 0.05) is 20.5 Å². The molecule has 0 fully saturated rings. The van der Waals surface area contributed by atoms with Crippen molar-refractivity contribution in [2.24, 2.45) is 0 Å². The Bertz CT molecular complexity index is 800. The fourth-order valence-corrected chi connectivity index (χ4v) is 3.64. The third kappa shape index (κ3) is 3.57. The zero-order chi connectivity index (χ0) is 16.2. The van der Waals surface area contributed by atoms with Crippen molar-refractivity contribution in [3.63, 3.8) is 0 Å². The van der Waals surface area contributed by atoms with E-state index in [0.29, 0.717) is 5.76 Å². The second-order valence-corrected chi connectivity index (χ2v) is 7.14. The van der Waals surface area contributed by atoms with Gasteiger partial charge >= 0.3 is 0 Å². The molecule has 3 rings (SSSR count). The van der Waals surface area contributed by atoms with Gasteiger partial charge < -0.3 is 9.32 Å². The van der Waals surface area contributed by atoms with Crippen molar-refractivity contribution < 1.29 is 9.32 Å². The molecule has 0 N–H and O–H groups in total. The van der Waals surface area contributed by atoms with Crippen LogP contribution in [0.5, 0.6) is 0 Å². The molecule has 0 aliphatic heterocycles. The van der Waals surface area contributed by atoms with Gasteiger partial charge in [0.05, 0.1) is 10.9 Å². The van der Waals surface area contributed by atoms with Crippen LogP contribution < -0.4 is 0 Å². The number of halogens is 1. The van der Waals surface area contributed by atoms with Gasteiger partial charge in [-0.25, -0.2) is 0 Å². The molecule has 1 heterocycles. The number of thioether (sulfide) groups is 1. The average Bonchev–Trinajstić information content (AvgIpc) is 2.96. The summed E-state index contributed by atoms with van der Waals surface area (Å²) < 4.78 is 6.49. The minimum Gasteiger partial charge on any atom is -0.356 e. The van der Waals surface area contributed by atoms with Gasteiger partial charge in [0.15, 0.2) is 5.76 Å². The Hall–Kier alpha value is -1.85. The summed E-state index contributed by atoms with van der Waals surface area (Å²) in [6.45, 7) is 1.86. The quantitative estimate of drug-likeness (QED) is 0.431. The monoisotopic (exact) mass is 387 g/mol. The summed E-state index contributed by atoms with van der Waals surface area (Å²) in [5.41, 5.74) is 2.48.